The maximum atomic E-state index is 13.1. The van der Waals surface area contributed by atoms with Gasteiger partial charge in [-0.1, -0.05) is 12.1 Å². The van der Waals surface area contributed by atoms with Crippen molar-refractivity contribution < 1.29 is 24.1 Å². The zero-order valence-corrected chi connectivity index (χ0v) is 18.6. The van der Waals surface area contributed by atoms with E-state index in [0.717, 1.165) is 24.1 Å². The van der Waals surface area contributed by atoms with Crippen LogP contribution in [0.4, 0.5) is 5.95 Å². The van der Waals surface area contributed by atoms with Crippen molar-refractivity contribution in [2.75, 3.05) is 26.6 Å². The number of hydrogen-bond acceptors (Lipinski definition) is 8. The van der Waals surface area contributed by atoms with Crippen LogP contribution >= 0.6 is 0 Å². The van der Waals surface area contributed by atoms with Crippen molar-refractivity contribution in [3.05, 3.63) is 53.2 Å². The fourth-order valence-electron chi connectivity index (χ4n) is 4.49. The lowest BCUT2D eigenvalue weighted by molar-refractivity contribution is -0.116. The number of aromatic hydroxyl groups is 1. The minimum absolute atomic E-state index is 0.0718. The molecule has 0 radical (unpaired) electrons. The molecular weight excluding hydrogens is 424 g/mol. The van der Waals surface area contributed by atoms with Crippen molar-refractivity contribution >= 4 is 11.7 Å². The van der Waals surface area contributed by atoms with E-state index in [1.54, 1.807) is 44.2 Å². The number of carbonyl (C=O) groups is 1. The van der Waals surface area contributed by atoms with Crippen LogP contribution in [-0.4, -0.2) is 47.0 Å². The minimum atomic E-state index is -0.517. The molecule has 1 atom stereocenters. The van der Waals surface area contributed by atoms with E-state index < -0.39 is 6.04 Å². The lowest BCUT2D eigenvalue weighted by Gasteiger charge is -2.32. The number of carbonyl (C=O) groups excluding carboxylic acids is 1. The molecule has 5 rings (SSSR count). The number of methoxy groups -OCH3 is 3. The Morgan fingerprint density at radius 2 is 1.82 bits per heavy atom. The number of rotatable bonds is 5. The van der Waals surface area contributed by atoms with Gasteiger partial charge in [-0.15, -0.1) is 5.10 Å². The Balaban J connectivity index is 1.72. The van der Waals surface area contributed by atoms with Gasteiger partial charge in [0.25, 0.3) is 0 Å². The molecule has 2 heterocycles. The number of ether oxygens (including phenoxy) is 3. The number of hydrogen-bond donors (Lipinski definition) is 2. The van der Waals surface area contributed by atoms with Crippen LogP contribution < -0.4 is 19.5 Å². The summed E-state index contributed by atoms with van der Waals surface area (Å²) in [7, 11) is 4.66. The first-order valence-electron chi connectivity index (χ1n) is 10.6. The average molecular weight is 448 g/mol. The van der Waals surface area contributed by atoms with Crippen molar-refractivity contribution in [3.63, 3.8) is 0 Å². The summed E-state index contributed by atoms with van der Waals surface area (Å²) in [5.41, 5.74) is 2.96. The molecule has 9 heteroatoms. The largest absolute Gasteiger partial charge is 0.508 e. The summed E-state index contributed by atoms with van der Waals surface area (Å²) < 4.78 is 18.3. The van der Waals surface area contributed by atoms with E-state index in [9.17, 15) is 9.90 Å². The Bertz CT molecular complexity index is 1250. The second-order valence-electron chi connectivity index (χ2n) is 7.91. The summed E-state index contributed by atoms with van der Waals surface area (Å²) in [6, 6.07) is 9.92. The second-order valence-corrected chi connectivity index (χ2v) is 7.91. The van der Waals surface area contributed by atoms with Crippen molar-refractivity contribution in [1.82, 2.24) is 14.8 Å². The predicted molar refractivity (Wildman–Crippen MR) is 121 cm³/mol. The third-order valence-electron chi connectivity index (χ3n) is 5.98. The highest BCUT2D eigenvalue weighted by Gasteiger charge is 2.37. The molecule has 170 valence electrons. The summed E-state index contributed by atoms with van der Waals surface area (Å²) in [6.07, 6.45) is 2.00. The quantitative estimate of drug-likeness (QED) is 0.608. The number of allylic oxidation sites excluding steroid dienone is 2. The van der Waals surface area contributed by atoms with E-state index in [2.05, 4.69) is 10.3 Å². The molecule has 9 nitrogen and oxygen atoms in total. The maximum absolute atomic E-state index is 13.1. The number of nitrogens with zero attached hydrogens (tertiary/aromatic N) is 3. The number of ketones is 1. The summed E-state index contributed by atoms with van der Waals surface area (Å²) in [5.74, 6) is 2.63. The Morgan fingerprint density at radius 1 is 1.06 bits per heavy atom. The number of aromatic nitrogens is 3. The number of phenols is 1. The van der Waals surface area contributed by atoms with E-state index in [0.29, 0.717) is 46.6 Å². The zero-order valence-electron chi connectivity index (χ0n) is 18.6. The molecule has 0 saturated carbocycles. The molecule has 0 amide bonds. The van der Waals surface area contributed by atoms with Gasteiger partial charge in [0.1, 0.15) is 11.8 Å². The van der Waals surface area contributed by atoms with Gasteiger partial charge in [0.15, 0.2) is 23.1 Å². The summed E-state index contributed by atoms with van der Waals surface area (Å²) >= 11 is 0. The smallest absolute Gasteiger partial charge is 0.226 e. The lowest BCUT2D eigenvalue weighted by atomic mass is 9.85. The first-order chi connectivity index (χ1) is 16.0. The molecule has 0 fully saturated rings. The van der Waals surface area contributed by atoms with E-state index in [-0.39, 0.29) is 11.5 Å². The third-order valence-corrected chi connectivity index (χ3v) is 5.98. The molecule has 0 saturated heterocycles. The minimum Gasteiger partial charge on any atom is -0.508 e. The second kappa shape index (κ2) is 8.16. The van der Waals surface area contributed by atoms with Gasteiger partial charge in [-0.25, -0.2) is 4.68 Å². The molecular formula is C24H24N4O5. The molecule has 1 aliphatic heterocycles. The van der Waals surface area contributed by atoms with Crippen molar-refractivity contribution in [2.45, 2.75) is 25.3 Å². The molecule has 0 spiro atoms. The van der Waals surface area contributed by atoms with Gasteiger partial charge in [-0.2, -0.15) is 4.98 Å². The van der Waals surface area contributed by atoms with Crippen LogP contribution in [0, 0.1) is 0 Å². The van der Waals surface area contributed by atoms with Crippen LogP contribution in [0.3, 0.4) is 0 Å². The van der Waals surface area contributed by atoms with E-state index in [1.807, 2.05) is 18.2 Å². The Morgan fingerprint density at radius 3 is 2.48 bits per heavy atom. The van der Waals surface area contributed by atoms with Crippen LogP contribution in [0.1, 0.15) is 30.9 Å². The van der Waals surface area contributed by atoms with Crippen LogP contribution in [0.25, 0.3) is 11.4 Å². The van der Waals surface area contributed by atoms with Crippen LogP contribution in [-0.2, 0) is 4.79 Å². The van der Waals surface area contributed by atoms with Crippen LogP contribution in [0.15, 0.2) is 47.7 Å². The topological polar surface area (TPSA) is 108 Å². The van der Waals surface area contributed by atoms with E-state index in [4.69, 9.17) is 19.3 Å². The molecule has 1 aliphatic carbocycles. The average Bonchev–Trinajstić information content (AvgIpc) is 3.25. The van der Waals surface area contributed by atoms with Crippen LogP contribution in [0.2, 0.25) is 0 Å². The molecule has 2 N–H and O–H groups in total. The molecule has 3 aromatic rings. The summed E-state index contributed by atoms with van der Waals surface area (Å²) in [4.78, 5) is 17.8. The maximum Gasteiger partial charge on any atom is 0.226 e. The highest BCUT2D eigenvalue weighted by molar-refractivity contribution is 5.99. The first kappa shape index (κ1) is 20.9. The standard InChI is InChI=1S/C24H24N4O5/c1-31-18-11-14(12-19(32-2)22(18)33-3)21-20-16(8-5-9-17(20)30)25-24-26-23(27-28(21)24)13-6-4-7-15(29)10-13/h4,6-7,10-12,21,29H,5,8-9H2,1-3H3,(H,25,26,27)/t21-/m0/s1. The van der Waals surface area contributed by atoms with Crippen LogP contribution in [0.5, 0.6) is 23.0 Å². The SMILES string of the molecule is COc1cc([C@H]2C3=C(CCCC3=O)Nc3nc(-c4cccc(O)c4)nn32)cc(OC)c1OC. The molecule has 0 unspecified atom stereocenters. The highest BCUT2D eigenvalue weighted by atomic mass is 16.5. The van der Waals surface area contributed by atoms with Crippen molar-refractivity contribution in [3.8, 4) is 34.4 Å². The number of phenolic OH excluding ortho intramolecular Hbond substituents is 1. The number of anilines is 1. The van der Waals surface area contributed by atoms with Gasteiger partial charge in [0.2, 0.25) is 11.7 Å². The van der Waals surface area contributed by atoms with Gasteiger partial charge in [-0.05, 0) is 42.7 Å². The zero-order chi connectivity index (χ0) is 23.1. The van der Waals surface area contributed by atoms with Gasteiger partial charge in [0, 0.05) is 23.3 Å². The van der Waals surface area contributed by atoms with Gasteiger partial charge in [-0.3, -0.25) is 4.79 Å². The summed E-state index contributed by atoms with van der Waals surface area (Å²) in [6.45, 7) is 0. The first-order valence-corrected chi connectivity index (χ1v) is 10.6. The lowest BCUT2D eigenvalue weighted by Crippen LogP contribution is -2.31. The number of Topliss-reactive ketones (excluding diaryl/α,β-unsaturated/α-hetero) is 1. The van der Waals surface area contributed by atoms with Gasteiger partial charge < -0.3 is 24.6 Å². The fraction of sp³-hybridized carbons (Fsp3) is 0.292. The highest BCUT2D eigenvalue weighted by Crippen LogP contribution is 2.45. The molecule has 1 aromatic heterocycles. The summed E-state index contributed by atoms with van der Waals surface area (Å²) in [5, 5.41) is 17.9. The third kappa shape index (κ3) is 3.45. The predicted octanol–water partition coefficient (Wildman–Crippen LogP) is 3.70. The van der Waals surface area contributed by atoms with Gasteiger partial charge >= 0.3 is 0 Å². The number of benzene rings is 2. The van der Waals surface area contributed by atoms with Gasteiger partial charge in [0.05, 0.1) is 21.3 Å². The van der Waals surface area contributed by atoms with Crippen molar-refractivity contribution in [2.24, 2.45) is 0 Å². The Kier molecular flexibility index (Phi) is 5.16. The normalized spacial score (nSPS) is 17.2. The van der Waals surface area contributed by atoms with E-state index in [1.165, 1.54) is 0 Å². The molecule has 2 aromatic carbocycles. The number of fused-ring (bicyclic) bond motifs is 1. The van der Waals surface area contributed by atoms with Crippen molar-refractivity contribution in [1.29, 1.82) is 0 Å². The molecule has 0 bridgehead atoms. The number of nitrogens with one attached hydrogen (secondary N) is 1. The monoisotopic (exact) mass is 448 g/mol. The Hall–Kier alpha value is -4.01. The molecule has 2 aliphatic rings. The van der Waals surface area contributed by atoms with E-state index >= 15 is 0 Å². The Labute approximate surface area is 190 Å². The molecule has 33 heavy (non-hydrogen) atoms. The fourth-order valence-corrected chi connectivity index (χ4v) is 4.49.